The van der Waals surface area contributed by atoms with Crippen LogP contribution in [0.15, 0.2) is 22.7 Å². The number of benzene rings is 1. The van der Waals surface area contributed by atoms with Crippen molar-refractivity contribution in [1.82, 2.24) is 5.32 Å². The fraction of sp³-hybridized carbons (Fsp3) is 0.533. The van der Waals surface area contributed by atoms with Crippen LogP contribution in [-0.2, 0) is 4.79 Å². The van der Waals surface area contributed by atoms with Gasteiger partial charge in [-0.15, -0.1) is 0 Å². The summed E-state index contributed by atoms with van der Waals surface area (Å²) in [6.45, 7) is 1.29. The summed E-state index contributed by atoms with van der Waals surface area (Å²) >= 11 is 3.48. The van der Waals surface area contributed by atoms with E-state index in [4.69, 9.17) is 9.84 Å². The van der Waals surface area contributed by atoms with Crippen molar-refractivity contribution in [1.29, 1.82) is 0 Å². The Kier molecular flexibility index (Phi) is 3.98. The van der Waals surface area contributed by atoms with E-state index in [0.717, 1.165) is 22.4 Å². The maximum Gasteiger partial charge on any atom is 0.307 e. The summed E-state index contributed by atoms with van der Waals surface area (Å²) in [6, 6.07) is 6.03. The van der Waals surface area contributed by atoms with E-state index >= 15 is 0 Å². The summed E-state index contributed by atoms with van der Waals surface area (Å²) in [5.41, 5.74) is 1.06. The second kappa shape index (κ2) is 5.74. The first kappa shape index (κ1) is 13.9. The van der Waals surface area contributed by atoms with Gasteiger partial charge in [0.05, 0.1) is 12.5 Å². The third-order valence-corrected chi connectivity index (χ3v) is 4.49. The monoisotopic (exact) mass is 339 g/mol. The van der Waals surface area contributed by atoms with Crippen LogP contribution in [0.3, 0.4) is 0 Å². The highest BCUT2D eigenvalue weighted by molar-refractivity contribution is 9.10. The summed E-state index contributed by atoms with van der Waals surface area (Å²) < 4.78 is 6.91. The second-order valence-electron chi connectivity index (χ2n) is 5.67. The maximum absolute atomic E-state index is 11.1. The van der Waals surface area contributed by atoms with Crippen LogP contribution in [0.1, 0.15) is 30.9 Å². The summed E-state index contributed by atoms with van der Waals surface area (Å²) in [5.74, 6) is 0.546. The zero-order valence-electron chi connectivity index (χ0n) is 11.1. The van der Waals surface area contributed by atoms with E-state index in [1.165, 1.54) is 12.8 Å². The van der Waals surface area contributed by atoms with Crippen LogP contribution in [0.25, 0.3) is 0 Å². The van der Waals surface area contributed by atoms with Crippen molar-refractivity contribution in [3.05, 3.63) is 28.2 Å². The van der Waals surface area contributed by atoms with Gasteiger partial charge < -0.3 is 15.2 Å². The lowest BCUT2D eigenvalue weighted by molar-refractivity contribution is -0.141. The quantitative estimate of drug-likeness (QED) is 0.865. The van der Waals surface area contributed by atoms with Gasteiger partial charge in [-0.3, -0.25) is 4.79 Å². The van der Waals surface area contributed by atoms with Crippen LogP contribution in [0, 0.1) is 11.8 Å². The Hall–Kier alpha value is -1.07. The van der Waals surface area contributed by atoms with Crippen LogP contribution in [0.2, 0.25) is 0 Å². The highest BCUT2D eigenvalue weighted by atomic mass is 79.9. The van der Waals surface area contributed by atoms with Gasteiger partial charge in [-0.25, -0.2) is 0 Å². The van der Waals surface area contributed by atoms with Crippen molar-refractivity contribution in [2.24, 2.45) is 11.8 Å². The maximum atomic E-state index is 11.1. The van der Waals surface area contributed by atoms with Crippen LogP contribution >= 0.6 is 15.9 Å². The summed E-state index contributed by atoms with van der Waals surface area (Å²) in [7, 11) is 0. The summed E-state index contributed by atoms with van der Waals surface area (Å²) in [6.07, 6.45) is 3.13. The minimum atomic E-state index is -0.726. The molecule has 108 valence electrons. The van der Waals surface area contributed by atoms with Crippen molar-refractivity contribution in [3.63, 3.8) is 0 Å². The lowest BCUT2D eigenvalue weighted by Gasteiger charge is -2.17. The highest BCUT2D eigenvalue weighted by Crippen LogP contribution is 2.36. The molecule has 2 atom stereocenters. The number of carbonyl (C=O) groups is 1. The predicted octanol–water partition coefficient (Wildman–Crippen LogP) is 2.97. The first-order valence-corrected chi connectivity index (χ1v) is 7.81. The Morgan fingerprint density at radius 2 is 2.25 bits per heavy atom. The fourth-order valence-corrected chi connectivity index (χ4v) is 2.95. The molecule has 0 spiro atoms. The third kappa shape index (κ3) is 3.15. The second-order valence-corrected chi connectivity index (χ2v) is 6.58. The molecule has 3 rings (SSSR count). The number of halogens is 1. The molecule has 1 saturated carbocycles. The molecular weight excluding hydrogens is 322 g/mol. The number of hydrogen-bond donors (Lipinski definition) is 2. The number of aliphatic carboxylic acids is 1. The van der Waals surface area contributed by atoms with E-state index in [9.17, 15) is 4.79 Å². The van der Waals surface area contributed by atoms with Gasteiger partial charge in [-0.05, 0) is 43.4 Å². The molecule has 1 aliphatic carbocycles. The van der Waals surface area contributed by atoms with Gasteiger partial charge in [0.15, 0.2) is 0 Å². The Morgan fingerprint density at radius 1 is 1.45 bits per heavy atom. The van der Waals surface area contributed by atoms with E-state index in [-0.39, 0.29) is 12.0 Å². The Labute approximate surface area is 126 Å². The van der Waals surface area contributed by atoms with Crippen LogP contribution in [0.5, 0.6) is 5.75 Å². The van der Waals surface area contributed by atoms with Crippen LogP contribution in [0.4, 0.5) is 0 Å². The van der Waals surface area contributed by atoms with Gasteiger partial charge in [0.25, 0.3) is 0 Å². The lowest BCUT2D eigenvalue weighted by atomic mass is 9.99. The van der Waals surface area contributed by atoms with E-state index < -0.39 is 5.97 Å². The molecule has 2 N–H and O–H groups in total. The van der Waals surface area contributed by atoms with Crippen molar-refractivity contribution >= 4 is 21.9 Å². The lowest BCUT2D eigenvalue weighted by Crippen LogP contribution is -2.17. The zero-order chi connectivity index (χ0) is 14.1. The molecule has 5 heteroatoms. The van der Waals surface area contributed by atoms with Crippen molar-refractivity contribution in [2.45, 2.75) is 25.3 Å². The topological polar surface area (TPSA) is 58.6 Å². The Morgan fingerprint density at radius 3 is 2.90 bits per heavy atom. The number of carboxylic acid groups (broad SMARTS) is 1. The van der Waals surface area contributed by atoms with E-state index in [1.807, 2.05) is 18.2 Å². The zero-order valence-corrected chi connectivity index (χ0v) is 12.7. The molecule has 0 radical (unpaired) electrons. The van der Waals surface area contributed by atoms with Crippen molar-refractivity contribution < 1.29 is 14.6 Å². The molecule has 1 aromatic carbocycles. The first-order chi connectivity index (χ1) is 9.63. The number of nitrogens with one attached hydrogen (secondary N) is 1. The average molecular weight is 340 g/mol. The molecule has 20 heavy (non-hydrogen) atoms. The molecule has 2 unspecified atom stereocenters. The summed E-state index contributed by atoms with van der Waals surface area (Å²) in [5, 5.41) is 12.4. The van der Waals surface area contributed by atoms with E-state index in [1.54, 1.807) is 0 Å². The minimum Gasteiger partial charge on any atom is -0.493 e. The average Bonchev–Trinajstić information content (AvgIpc) is 3.11. The largest absolute Gasteiger partial charge is 0.493 e. The van der Waals surface area contributed by atoms with E-state index in [0.29, 0.717) is 18.9 Å². The van der Waals surface area contributed by atoms with Gasteiger partial charge in [-0.1, -0.05) is 15.9 Å². The number of ether oxygens (including phenoxy) is 1. The molecule has 0 amide bonds. The predicted molar refractivity (Wildman–Crippen MR) is 78.8 cm³/mol. The molecule has 1 aliphatic heterocycles. The molecular formula is C15H18BrNO3. The Balaban J connectivity index is 1.76. The van der Waals surface area contributed by atoms with Crippen molar-refractivity contribution in [3.8, 4) is 5.75 Å². The molecule has 1 heterocycles. The number of carboxylic acids is 1. The molecule has 1 saturated heterocycles. The normalized spacial score (nSPS) is 25.6. The molecule has 2 fully saturated rings. The van der Waals surface area contributed by atoms with Crippen LogP contribution in [-0.4, -0.2) is 24.2 Å². The molecule has 0 bridgehead atoms. The first-order valence-electron chi connectivity index (χ1n) is 7.02. The number of rotatable bonds is 5. The number of hydrogen-bond acceptors (Lipinski definition) is 3. The van der Waals surface area contributed by atoms with Gasteiger partial charge in [-0.2, -0.15) is 0 Å². The van der Waals surface area contributed by atoms with Gasteiger partial charge >= 0.3 is 5.97 Å². The Bertz CT molecular complexity index is 516. The minimum absolute atomic E-state index is 0.0582. The molecule has 1 aromatic rings. The standard InChI is InChI=1S/C15H18BrNO3/c16-11-3-4-14(20-8-9-1-2-9)12(6-11)13-5-10(7-17-13)15(18)19/h3-4,6,9-10,13,17H,1-2,5,7-8H2,(H,18,19). The third-order valence-electron chi connectivity index (χ3n) is 4.00. The SMILES string of the molecule is O=C(O)C1CNC(c2cc(Br)ccc2OCC2CC2)C1. The fourth-order valence-electron chi connectivity index (χ4n) is 2.58. The highest BCUT2D eigenvalue weighted by Gasteiger charge is 2.32. The smallest absolute Gasteiger partial charge is 0.307 e. The van der Waals surface area contributed by atoms with Crippen molar-refractivity contribution in [2.75, 3.05) is 13.2 Å². The van der Waals surface area contributed by atoms with Crippen LogP contribution < -0.4 is 10.1 Å². The van der Waals surface area contributed by atoms with Gasteiger partial charge in [0.2, 0.25) is 0 Å². The van der Waals surface area contributed by atoms with E-state index in [2.05, 4.69) is 21.2 Å². The summed E-state index contributed by atoms with van der Waals surface area (Å²) in [4.78, 5) is 11.1. The van der Waals surface area contributed by atoms with Gasteiger partial charge in [0.1, 0.15) is 5.75 Å². The molecule has 0 aromatic heterocycles. The van der Waals surface area contributed by atoms with Gasteiger partial charge in [0, 0.05) is 22.6 Å². The molecule has 4 nitrogen and oxygen atoms in total. The molecule has 2 aliphatic rings.